The number of benzene rings is 4. The molecule has 0 radical (unpaired) electrons. The Morgan fingerprint density at radius 3 is 1.27 bits per heavy atom. The summed E-state index contributed by atoms with van der Waals surface area (Å²) in [5.74, 6) is -0.783. The van der Waals surface area contributed by atoms with Gasteiger partial charge in [-0.15, -0.1) is 0 Å². The molecule has 2 unspecified atom stereocenters. The van der Waals surface area contributed by atoms with E-state index in [-0.39, 0.29) is 0 Å². The summed E-state index contributed by atoms with van der Waals surface area (Å²) in [5, 5.41) is -1.71. The van der Waals surface area contributed by atoms with Crippen molar-refractivity contribution in [3.05, 3.63) is 153 Å². The minimum absolute atomic E-state index is 0.292. The van der Waals surface area contributed by atoms with Crippen molar-refractivity contribution in [3.63, 3.8) is 0 Å². The minimum atomic E-state index is -4.06. The van der Waals surface area contributed by atoms with Gasteiger partial charge in [-0.05, 0) is 58.7 Å². The third kappa shape index (κ3) is 6.55. The summed E-state index contributed by atoms with van der Waals surface area (Å²) in [7, 11) is -4.06. The van der Waals surface area contributed by atoms with Gasteiger partial charge in [0.25, 0.3) is 0 Å². The summed E-state index contributed by atoms with van der Waals surface area (Å²) in [4.78, 5) is 0. The highest BCUT2D eigenvalue weighted by Gasteiger charge is 2.35. The van der Waals surface area contributed by atoms with E-state index in [1.54, 1.807) is 97.1 Å². The standard InChI is InChI=1S/C30H22Cl2F2O2S/c31-27-7-3-1-5-25(27)29(19-13-21-9-15-23(33)16-10-21)37(35,36)30(26-6-2-4-8-28(26)32)20-14-22-11-17-24(34)18-12-22/h1-20,29-30H/b19-13-,20-14-. The number of sulfone groups is 1. The van der Waals surface area contributed by atoms with Crippen LogP contribution in [0.2, 0.25) is 10.0 Å². The van der Waals surface area contributed by atoms with E-state index in [1.165, 1.54) is 24.3 Å². The molecule has 4 aromatic rings. The molecule has 0 spiro atoms. The lowest BCUT2D eigenvalue weighted by Crippen LogP contribution is -2.19. The Bertz CT molecular complexity index is 1420. The highest BCUT2D eigenvalue weighted by molar-refractivity contribution is 7.92. The highest BCUT2D eigenvalue weighted by atomic mass is 35.5. The number of hydrogen-bond acceptors (Lipinski definition) is 2. The van der Waals surface area contributed by atoms with Gasteiger partial charge in [0.2, 0.25) is 0 Å². The van der Waals surface area contributed by atoms with E-state index in [4.69, 9.17) is 23.2 Å². The lowest BCUT2D eigenvalue weighted by molar-refractivity contribution is 0.584. The molecule has 0 aromatic heterocycles. The van der Waals surface area contributed by atoms with Crippen LogP contribution in [0.3, 0.4) is 0 Å². The molecule has 2 atom stereocenters. The summed E-state index contributed by atoms with van der Waals surface area (Å²) in [5.41, 5.74) is 2.05. The molecule has 37 heavy (non-hydrogen) atoms. The average Bonchev–Trinajstić information content (AvgIpc) is 2.88. The third-order valence-electron chi connectivity index (χ3n) is 5.80. The zero-order valence-electron chi connectivity index (χ0n) is 19.4. The van der Waals surface area contributed by atoms with Gasteiger partial charge in [-0.2, -0.15) is 0 Å². The van der Waals surface area contributed by atoms with Crippen molar-refractivity contribution in [3.8, 4) is 0 Å². The smallest absolute Gasteiger partial charge is 0.171 e. The van der Waals surface area contributed by atoms with Gasteiger partial charge in [-0.25, -0.2) is 17.2 Å². The number of rotatable bonds is 8. The zero-order valence-corrected chi connectivity index (χ0v) is 21.8. The predicted molar refractivity (Wildman–Crippen MR) is 148 cm³/mol. The zero-order chi connectivity index (χ0) is 26.4. The molecule has 0 amide bonds. The summed E-state index contributed by atoms with van der Waals surface area (Å²) in [6.45, 7) is 0. The summed E-state index contributed by atoms with van der Waals surface area (Å²) >= 11 is 12.9. The van der Waals surface area contributed by atoms with Crippen LogP contribution in [-0.4, -0.2) is 8.42 Å². The van der Waals surface area contributed by atoms with Crippen LogP contribution in [0.15, 0.2) is 109 Å². The molecular formula is C30H22Cl2F2O2S. The Morgan fingerprint density at radius 1 is 0.568 bits per heavy atom. The molecule has 0 saturated heterocycles. The predicted octanol–water partition coefficient (Wildman–Crippen LogP) is 8.90. The van der Waals surface area contributed by atoms with Gasteiger partial charge in [0.1, 0.15) is 22.1 Å². The van der Waals surface area contributed by atoms with E-state index in [9.17, 15) is 17.2 Å². The third-order valence-corrected chi connectivity index (χ3v) is 8.72. The molecule has 0 N–H and O–H groups in total. The molecule has 0 bridgehead atoms. The minimum Gasteiger partial charge on any atom is -0.227 e. The molecule has 4 aromatic carbocycles. The molecule has 0 aliphatic rings. The van der Waals surface area contributed by atoms with Gasteiger partial charge in [0.05, 0.1) is 0 Å². The topological polar surface area (TPSA) is 34.1 Å². The Balaban J connectivity index is 1.85. The normalized spacial score (nSPS) is 13.7. The van der Waals surface area contributed by atoms with Crippen molar-refractivity contribution in [1.29, 1.82) is 0 Å². The van der Waals surface area contributed by atoms with Crippen molar-refractivity contribution in [2.24, 2.45) is 0 Å². The fourth-order valence-corrected chi connectivity index (χ4v) is 6.56. The molecule has 0 fully saturated rings. The van der Waals surface area contributed by atoms with Gasteiger partial charge in [0, 0.05) is 10.0 Å². The fourth-order valence-electron chi connectivity index (χ4n) is 3.89. The van der Waals surface area contributed by atoms with Crippen LogP contribution >= 0.6 is 23.2 Å². The second kappa shape index (κ2) is 11.9. The fraction of sp³-hybridized carbons (Fsp3) is 0.0667. The van der Waals surface area contributed by atoms with E-state index < -0.39 is 32.0 Å². The van der Waals surface area contributed by atoms with E-state index in [2.05, 4.69) is 0 Å². The van der Waals surface area contributed by atoms with Crippen LogP contribution in [0.5, 0.6) is 0 Å². The van der Waals surface area contributed by atoms with E-state index in [0.717, 1.165) is 0 Å². The number of halogens is 4. The van der Waals surface area contributed by atoms with Crippen molar-refractivity contribution in [1.82, 2.24) is 0 Å². The van der Waals surface area contributed by atoms with Gasteiger partial charge >= 0.3 is 0 Å². The molecule has 0 saturated carbocycles. The SMILES string of the molecule is O=S(=O)(C(/C=C\c1ccc(F)cc1)c1ccccc1Cl)C(/C=C\c1ccc(F)cc1)c1ccccc1Cl. The summed E-state index contributed by atoms with van der Waals surface area (Å²) in [6.07, 6.45) is 6.33. The Hall–Kier alpha value is -3.25. The van der Waals surface area contributed by atoms with Gasteiger partial charge in [-0.3, -0.25) is 0 Å². The maximum atomic E-state index is 14.3. The molecule has 0 aliphatic heterocycles. The maximum absolute atomic E-state index is 14.3. The van der Waals surface area contributed by atoms with E-state index >= 15 is 0 Å². The van der Waals surface area contributed by atoms with Crippen LogP contribution in [-0.2, 0) is 9.84 Å². The van der Waals surface area contributed by atoms with Crippen LogP contribution in [0.4, 0.5) is 8.78 Å². The van der Waals surface area contributed by atoms with Crippen LogP contribution in [0.1, 0.15) is 32.8 Å². The number of hydrogen-bond donors (Lipinski definition) is 0. The second-order valence-electron chi connectivity index (χ2n) is 8.29. The Morgan fingerprint density at radius 2 is 0.919 bits per heavy atom. The van der Waals surface area contributed by atoms with Crippen molar-refractivity contribution < 1.29 is 17.2 Å². The Labute approximate surface area is 225 Å². The second-order valence-corrected chi connectivity index (χ2v) is 11.3. The van der Waals surface area contributed by atoms with Gasteiger partial charge < -0.3 is 0 Å². The average molecular weight is 555 g/mol. The molecule has 0 heterocycles. The van der Waals surface area contributed by atoms with E-state index in [0.29, 0.717) is 32.3 Å². The molecular weight excluding hydrogens is 533 g/mol. The maximum Gasteiger partial charge on any atom is 0.171 e. The lowest BCUT2D eigenvalue weighted by Gasteiger charge is -2.23. The first-order valence-corrected chi connectivity index (χ1v) is 13.7. The van der Waals surface area contributed by atoms with Crippen LogP contribution in [0.25, 0.3) is 12.2 Å². The molecule has 0 aliphatic carbocycles. The van der Waals surface area contributed by atoms with Gasteiger partial charge in [-0.1, -0.05) is 108 Å². The molecule has 188 valence electrons. The quantitative estimate of drug-likeness (QED) is 0.218. The first-order chi connectivity index (χ1) is 17.8. The molecule has 2 nitrogen and oxygen atoms in total. The largest absolute Gasteiger partial charge is 0.227 e. The van der Waals surface area contributed by atoms with Crippen LogP contribution < -0.4 is 0 Å². The molecule has 4 rings (SSSR count). The summed E-state index contributed by atoms with van der Waals surface area (Å²) < 4.78 is 55.5. The highest BCUT2D eigenvalue weighted by Crippen LogP contribution is 2.41. The molecule has 7 heteroatoms. The first-order valence-electron chi connectivity index (χ1n) is 11.3. The first kappa shape index (κ1) is 26.8. The van der Waals surface area contributed by atoms with Crippen LogP contribution in [0, 0.1) is 11.6 Å². The van der Waals surface area contributed by atoms with Crippen molar-refractivity contribution >= 4 is 45.2 Å². The van der Waals surface area contributed by atoms with Crippen molar-refractivity contribution in [2.45, 2.75) is 10.5 Å². The van der Waals surface area contributed by atoms with Crippen molar-refractivity contribution in [2.75, 3.05) is 0 Å². The monoisotopic (exact) mass is 554 g/mol. The summed E-state index contributed by atoms with van der Waals surface area (Å²) in [6, 6.07) is 24.9. The van der Waals surface area contributed by atoms with Gasteiger partial charge in [0.15, 0.2) is 9.84 Å². The Kier molecular flexibility index (Phi) is 8.59. The van der Waals surface area contributed by atoms with E-state index in [1.807, 2.05) is 0 Å². The lowest BCUT2D eigenvalue weighted by atomic mass is 10.1.